The molecule has 0 fully saturated rings. The van der Waals surface area contributed by atoms with Gasteiger partial charge in [0.15, 0.2) is 0 Å². The van der Waals surface area contributed by atoms with Crippen molar-refractivity contribution in [1.29, 1.82) is 0 Å². The van der Waals surface area contributed by atoms with E-state index in [0.717, 1.165) is 11.6 Å². The second-order valence-electron chi connectivity index (χ2n) is 4.67. The summed E-state index contributed by atoms with van der Waals surface area (Å²) >= 11 is 0. The molecule has 0 bridgehead atoms. The Balaban J connectivity index is 2.40. The molecular formula is C16H15F3O3. The lowest BCUT2D eigenvalue weighted by Crippen LogP contribution is -2.17. The Kier molecular flexibility index (Phi) is 4.49. The second-order valence-corrected chi connectivity index (χ2v) is 4.67. The summed E-state index contributed by atoms with van der Waals surface area (Å²) < 4.78 is 46.1. The van der Waals surface area contributed by atoms with Crippen LogP contribution >= 0.6 is 0 Å². The minimum Gasteiger partial charge on any atom is -0.508 e. The van der Waals surface area contributed by atoms with E-state index in [-0.39, 0.29) is 5.75 Å². The summed E-state index contributed by atoms with van der Waals surface area (Å²) in [4.78, 5) is 0. The molecule has 0 saturated heterocycles. The van der Waals surface area contributed by atoms with Crippen LogP contribution in [0, 0.1) is 6.92 Å². The number of hydrogen-bond acceptors (Lipinski definition) is 3. The van der Waals surface area contributed by atoms with Gasteiger partial charge < -0.3 is 14.6 Å². The maximum atomic E-state index is 12.3. The van der Waals surface area contributed by atoms with Crippen LogP contribution in [-0.4, -0.2) is 18.1 Å². The molecule has 0 aliphatic rings. The van der Waals surface area contributed by atoms with Crippen LogP contribution in [0.1, 0.15) is 12.5 Å². The number of halogens is 3. The highest BCUT2D eigenvalue weighted by atomic mass is 19.4. The Hall–Kier alpha value is -2.37. The Morgan fingerprint density at radius 3 is 2.36 bits per heavy atom. The van der Waals surface area contributed by atoms with Crippen molar-refractivity contribution in [2.24, 2.45) is 0 Å². The number of rotatable bonds is 4. The van der Waals surface area contributed by atoms with Crippen molar-refractivity contribution >= 4 is 0 Å². The zero-order valence-corrected chi connectivity index (χ0v) is 12.1. The molecule has 0 spiro atoms. The quantitative estimate of drug-likeness (QED) is 0.892. The molecule has 118 valence electrons. The Morgan fingerprint density at radius 1 is 1.05 bits per heavy atom. The summed E-state index contributed by atoms with van der Waals surface area (Å²) in [7, 11) is 0. The van der Waals surface area contributed by atoms with Crippen LogP contribution in [0.3, 0.4) is 0 Å². The minimum absolute atomic E-state index is 0.301. The highest BCUT2D eigenvalue weighted by molar-refractivity contribution is 5.71. The van der Waals surface area contributed by atoms with Crippen LogP contribution < -0.4 is 9.47 Å². The maximum Gasteiger partial charge on any atom is 0.573 e. The molecule has 0 aliphatic heterocycles. The zero-order chi connectivity index (χ0) is 16.3. The Bertz CT molecular complexity index is 666. The van der Waals surface area contributed by atoms with Gasteiger partial charge in [-0.2, -0.15) is 0 Å². The number of phenolic OH excluding ortho intramolecular Hbond substituents is 1. The lowest BCUT2D eigenvalue weighted by molar-refractivity contribution is -0.274. The first-order chi connectivity index (χ1) is 10.3. The molecule has 0 heterocycles. The van der Waals surface area contributed by atoms with E-state index in [4.69, 9.17) is 4.74 Å². The predicted octanol–water partition coefficient (Wildman–Crippen LogP) is 4.66. The number of benzene rings is 2. The van der Waals surface area contributed by atoms with E-state index in [2.05, 4.69) is 4.74 Å². The number of ether oxygens (including phenoxy) is 2. The van der Waals surface area contributed by atoms with E-state index < -0.39 is 12.1 Å². The lowest BCUT2D eigenvalue weighted by atomic mass is 10.00. The molecule has 22 heavy (non-hydrogen) atoms. The monoisotopic (exact) mass is 312 g/mol. The Morgan fingerprint density at radius 2 is 1.77 bits per heavy atom. The maximum absolute atomic E-state index is 12.3. The van der Waals surface area contributed by atoms with Crippen molar-refractivity contribution in [2.45, 2.75) is 20.2 Å². The molecule has 0 atom stereocenters. The van der Waals surface area contributed by atoms with Crippen LogP contribution in [0.15, 0.2) is 36.4 Å². The molecule has 0 amide bonds. The third-order valence-corrected chi connectivity index (χ3v) is 2.94. The molecule has 0 aliphatic carbocycles. The number of alkyl halides is 3. The fraction of sp³-hybridized carbons (Fsp3) is 0.250. The van der Waals surface area contributed by atoms with Crippen molar-refractivity contribution in [3.8, 4) is 28.4 Å². The highest BCUT2D eigenvalue weighted by Gasteiger charge is 2.31. The van der Waals surface area contributed by atoms with Gasteiger partial charge >= 0.3 is 6.36 Å². The van der Waals surface area contributed by atoms with Gasteiger partial charge in [-0.15, -0.1) is 13.2 Å². The smallest absolute Gasteiger partial charge is 0.508 e. The molecule has 0 unspecified atom stereocenters. The van der Waals surface area contributed by atoms with Gasteiger partial charge in [0, 0.05) is 6.07 Å². The second kappa shape index (κ2) is 6.17. The van der Waals surface area contributed by atoms with Gasteiger partial charge in [0.25, 0.3) is 0 Å². The van der Waals surface area contributed by atoms with Gasteiger partial charge in [-0.25, -0.2) is 0 Å². The van der Waals surface area contributed by atoms with Crippen molar-refractivity contribution in [3.63, 3.8) is 0 Å². The van der Waals surface area contributed by atoms with Crippen molar-refractivity contribution < 1.29 is 27.8 Å². The summed E-state index contributed by atoms with van der Waals surface area (Å²) in [6.45, 7) is 4.19. The Labute approximate surface area is 125 Å². The van der Waals surface area contributed by atoms with Crippen LogP contribution in [-0.2, 0) is 0 Å². The third-order valence-electron chi connectivity index (χ3n) is 2.94. The van der Waals surface area contributed by atoms with Crippen molar-refractivity contribution in [1.82, 2.24) is 0 Å². The topological polar surface area (TPSA) is 38.7 Å². The molecule has 1 N–H and O–H groups in total. The number of aryl methyl sites for hydroxylation is 1. The van der Waals surface area contributed by atoms with E-state index >= 15 is 0 Å². The molecule has 6 heteroatoms. The number of phenols is 1. The van der Waals surface area contributed by atoms with Gasteiger partial charge in [-0.1, -0.05) is 6.07 Å². The van der Waals surface area contributed by atoms with Crippen molar-refractivity contribution in [2.75, 3.05) is 6.61 Å². The van der Waals surface area contributed by atoms with Gasteiger partial charge in [0.05, 0.1) is 6.61 Å². The summed E-state index contributed by atoms with van der Waals surface area (Å²) in [6.07, 6.45) is -4.81. The fourth-order valence-corrected chi connectivity index (χ4v) is 2.15. The molecule has 2 rings (SSSR count). The molecule has 2 aromatic carbocycles. The molecule has 0 radical (unpaired) electrons. The first-order valence-electron chi connectivity index (χ1n) is 6.62. The zero-order valence-electron chi connectivity index (χ0n) is 12.1. The molecule has 2 aromatic rings. The lowest BCUT2D eigenvalue weighted by Gasteiger charge is -2.13. The first-order valence-corrected chi connectivity index (χ1v) is 6.62. The van der Waals surface area contributed by atoms with Gasteiger partial charge in [0.1, 0.15) is 17.2 Å². The highest BCUT2D eigenvalue weighted by Crippen LogP contribution is 2.34. The molecule has 3 nitrogen and oxygen atoms in total. The van der Waals surface area contributed by atoms with Crippen LogP contribution in [0.25, 0.3) is 11.1 Å². The third kappa shape index (κ3) is 4.07. The largest absolute Gasteiger partial charge is 0.573 e. The van der Waals surface area contributed by atoms with E-state index in [9.17, 15) is 18.3 Å². The average molecular weight is 312 g/mol. The van der Waals surface area contributed by atoms with E-state index in [1.54, 1.807) is 18.2 Å². The summed E-state index contributed by atoms with van der Waals surface area (Å²) in [6, 6.07) is 8.77. The summed E-state index contributed by atoms with van der Waals surface area (Å²) in [5.74, 6) is -0.0866. The number of hydrogen-bond donors (Lipinski definition) is 1. The van der Waals surface area contributed by atoms with Gasteiger partial charge in [-0.05, 0) is 54.8 Å². The van der Waals surface area contributed by atoms with Crippen LogP contribution in [0.2, 0.25) is 0 Å². The molecule has 0 aromatic heterocycles. The van der Waals surface area contributed by atoms with Gasteiger partial charge in [0.2, 0.25) is 0 Å². The predicted molar refractivity (Wildman–Crippen MR) is 76.1 cm³/mol. The SMILES string of the molecule is CCOc1ccc(-c2cc(O)cc(OC(F)(F)F)c2)c(C)c1. The van der Waals surface area contributed by atoms with E-state index in [0.29, 0.717) is 23.5 Å². The minimum atomic E-state index is -4.81. The number of aromatic hydroxyl groups is 1. The first kappa shape index (κ1) is 16.0. The summed E-state index contributed by atoms with van der Waals surface area (Å²) in [5.41, 5.74) is 1.93. The van der Waals surface area contributed by atoms with E-state index in [1.807, 2.05) is 13.8 Å². The molecule has 0 saturated carbocycles. The van der Waals surface area contributed by atoms with Crippen LogP contribution in [0.5, 0.6) is 17.2 Å². The van der Waals surface area contributed by atoms with Gasteiger partial charge in [-0.3, -0.25) is 0 Å². The fourth-order valence-electron chi connectivity index (χ4n) is 2.15. The summed E-state index contributed by atoms with van der Waals surface area (Å²) in [5, 5.41) is 9.61. The van der Waals surface area contributed by atoms with E-state index in [1.165, 1.54) is 12.1 Å². The molecular weight excluding hydrogens is 297 g/mol. The normalized spacial score (nSPS) is 11.3. The standard InChI is InChI=1S/C16H15F3O3/c1-3-21-13-4-5-15(10(2)6-13)11-7-12(20)9-14(8-11)22-16(17,18)19/h4-9,20H,3H2,1-2H3. The average Bonchev–Trinajstić information content (AvgIpc) is 2.36. The van der Waals surface area contributed by atoms with Crippen LogP contribution in [0.4, 0.5) is 13.2 Å². The van der Waals surface area contributed by atoms with Crippen molar-refractivity contribution in [3.05, 3.63) is 42.0 Å².